The summed E-state index contributed by atoms with van der Waals surface area (Å²) in [6, 6.07) is 0. The van der Waals surface area contributed by atoms with E-state index >= 15 is 0 Å². The molecule has 3 nitrogen and oxygen atoms in total. The Labute approximate surface area is 126 Å². The first-order valence-corrected chi connectivity index (χ1v) is 7.81. The first kappa shape index (κ1) is 14.1. The molecule has 1 heterocycles. The molecule has 2 saturated carbocycles. The zero-order valence-electron chi connectivity index (χ0n) is 13.0. The van der Waals surface area contributed by atoms with Crippen molar-refractivity contribution < 1.29 is 4.74 Å². The maximum absolute atomic E-state index is 6.28. The lowest BCUT2D eigenvalue weighted by molar-refractivity contribution is 0.0262. The van der Waals surface area contributed by atoms with Crippen LogP contribution < -0.4 is 4.74 Å². The smallest absolute Gasteiger partial charge is 0.237 e. The lowest BCUT2D eigenvalue weighted by Crippen LogP contribution is -2.39. The van der Waals surface area contributed by atoms with Crippen molar-refractivity contribution in [3.63, 3.8) is 0 Å². The molecule has 3 rings (SSSR count). The maximum Gasteiger partial charge on any atom is 0.237 e. The summed E-state index contributed by atoms with van der Waals surface area (Å²) in [5, 5.41) is 8.62. The Morgan fingerprint density at radius 3 is 2.40 bits per heavy atom. The Balaban J connectivity index is 1.89. The van der Waals surface area contributed by atoms with Crippen LogP contribution in [0.3, 0.4) is 0 Å². The van der Waals surface area contributed by atoms with Gasteiger partial charge in [0.2, 0.25) is 5.88 Å². The second kappa shape index (κ2) is 4.33. The molecule has 0 aromatic carbocycles. The summed E-state index contributed by atoms with van der Waals surface area (Å²) < 4.78 is 6.28. The molecule has 2 bridgehead atoms. The van der Waals surface area contributed by atoms with Crippen LogP contribution in [0.15, 0.2) is 0 Å². The van der Waals surface area contributed by atoms with E-state index in [0.717, 1.165) is 23.5 Å². The van der Waals surface area contributed by atoms with Crippen LogP contribution in [0.5, 0.6) is 5.88 Å². The van der Waals surface area contributed by atoms with Crippen molar-refractivity contribution >= 4 is 11.6 Å². The monoisotopic (exact) mass is 294 g/mol. The molecule has 1 aromatic rings. The molecule has 2 aliphatic carbocycles. The van der Waals surface area contributed by atoms with E-state index in [1.807, 2.05) is 13.8 Å². The highest BCUT2D eigenvalue weighted by atomic mass is 35.5. The number of ether oxygens (including phenoxy) is 1. The molecule has 0 amide bonds. The van der Waals surface area contributed by atoms with Crippen LogP contribution >= 0.6 is 11.6 Å². The van der Waals surface area contributed by atoms with E-state index in [1.165, 1.54) is 12.8 Å². The van der Waals surface area contributed by atoms with Gasteiger partial charge >= 0.3 is 0 Å². The zero-order valence-corrected chi connectivity index (χ0v) is 13.7. The quantitative estimate of drug-likeness (QED) is 0.814. The molecule has 2 fully saturated rings. The van der Waals surface area contributed by atoms with Gasteiger partial charge in [0.1, 0.15) is 6.10 Å². The van der Waals surface area contributed by atoms with Crippen molar-refractivity contribution in [1.29, 1.82) is 0 Å². The van der Waals surface area contributed by atoms with E-state index in [4.69, 9.17) is 16.3 Å². The van der Waals surface area contributed by atoms with Gasteiger partial charge in [0.15, 0.2) is 5.15 Å². The molecule has 0 spiro atoms. The van der Waals surface area contributed by atoms with E-state index in [2.05, 4.69) is 31.0 Å². The molecule has 0 radical (unpaired) electrons. The minimum absolute atomic E-state index is 0.235. The third-order valence-corrected chi connectivity index (χ3v) is 6.75. The summed E-state index contributed by atoms with van der Waals surface area (Å²) in [7, 11) is 0. The topological polar surface area (TPSA) is 35.0 Å². The van der Waals surface area contributed by atoms with E-state index in [-0.39, 0.29) is 11.5 Å². The molecular weight excluding hydrogens is 272 g/mol. The van der Waals surface area contributed by atoms with Crippen LogP contribution in [0.2, 0.25) is 5.15 Å². The number of nitrogens with zero attached hydrogens (tertiary/aromatic N) is 2. The van der Waals surface area contributed by atoms with Crippen LogP contribution in [-0.4, -0.2) is 16.3 Å². The Morgan fingerprint density at radius 1 is 1.15 bits per heavy atom. The third kappa shape index (κ3) is 1.71. The van der Waals surface area contributed by atoms with Crippen molar-refractivity contribution in [2.24, 2.45) is 16.7 Å². The molecule has 0 N–H and O–H groups in total. The van der Waals surface area contributed by atoms with Gasteiger partial charge in [-0.3, -0.25) is 0 Å². The van der Waals surface area contributed by atoms with Gasteiger partial charge in [0.05, 0.1) is 0 Å². The van der Waals surface area contributed by atoms with Crippen molar-refractivity contribution in [3.05, 3.63) is 16.3 Å². The standard InChI is InChI=1S/C16H23ClN2O/c1-9-10(2)14(19-18-13(9)17)20-12-8-11-6-7-16(12,5)15(11,3)4/h11-12H,6-8H2,1-5H3. The summed E-state index contributed by atoms with van der Waals surface area (Å²) in [5.74, 6) is 1.42. The summed E-state index contributed by atoms with van der Waals surface area (Å²) >= 11 is 6.01. The van der Waals surface area contributed by atoms with Crippen LogP contribution in [-0.2, 0) is 0 Å². The molecule has 110 valence electrons. The van der Waals surface area contributed by atoms with Crippen molar-refractivity contribution in [3.8, 4) is 5.88 Å². The van der Waals surface area contributed by atoms with Crippen LogP contribution in [0.25, 0.3) is 0 Å². The average molecular weight is 295 g/mol. The number of halogens is 1. The molecule has 1 aromatic heterocycles. The maximum atomic E-state index is 6.28. The second-order valence-corrected chi connectivity index (χ2v) is 7.62. The van der Waals surface area contributed by atoms with Gasteiger partial charge < -0.3 is 4.74 Å². The first-order chi connectivity index (χ1) is 9.27. The summed E-state index contributed by atoms with van der Waals surface area (Å²) in [6.07, 6.45) is 3.94. The first-order valence-electron chi connectivity index (χ1n) is 7.43. The van der Waals surface area contributed by atoms with E-state index < -0.39 is 0 Å². The SMILES string of the molecule is Cc1c(Cl)nnc(OC2CC3CCC2(C)C3(C)C)c1C. The third-order valence-electron chi connectivity index (χ3n) is 6.39. The van der Waals surface area contributed by atoms with E-state index in [0.29, 0.717) is 16.4 Å². The fourth-order valence-electron chi connectivity index (χ4n) is 4.11. The molecule has 4 heteroatoms. The predicted octanol–water partition coefficient (Wildman–Crippen LogP) is 4.34. The van der Waals surface area contributed by atoms with Gasteiger partial charge in [-0.05, 0) is 50.0 Å². The fraction of sp³-hybridized carbons (Fsp3) is 0.750. The van der Waals surface area contributed by atoms with Gasteiger partial charge in [-0.2, -0.15) is 0 Å². The summed E-state index contributed by atoms with van der Waals surface area (Å²) in [5.41, 5.74) is 2.55. The Kier molecular flexibility index (Phi) is 3.06. The van der Waals surface area contributed by atoms with Gasteiger partial charge in [0.25, 0.3) is 0 Å². The molecule has 3 atom stereocenters. The van der Waals surface area contributed by atoms with Gasteiger partial charge in [0, 0.05) is 11.0 Å². The van der Waals surface area contributed by atoms with Crippen molar-refractivity contribution in [2.45, 2.75) is 60.0 Å². The van der Waals surface area contributed by atoms with Crippen LogP contribution in [0, 0.1) is 30.6 Å². The number of hydrogen-bond acceptors (Lipinski definition) is 3. The lowest BCUT2D eigenvalue weighted by Gasteiger charge is -2.38. The van der Waals surface area contributed by atoms with Gasteiger partial charge in [-0.15, -0.1) is 10.2 Å². The van der Waals surface area contributed by atoms with Crippen molar-refractivity contribution in [2.75, 3.05) is 0 Å². The normalized spacial score (nSPS) is 34.5. The highest BCUT2D eigenvalue weighted by Crippen LogP contribution is 2.66. The van der Waals surface area contributed by atoms with Crippen molar-refractivity contribution in [1.82, 2.24) is 10.2 Å². The van der Waals surface area contributed by atoms with Gasteiger partial charge in [-0.1, -0.05) is 32.4 Å². The Hall–Kier alpha value is -0.830. The highest BCUT2D eigenvalue weighted by molar-refractivity contribution is 6.30. The Bertz CT molecular complexity index is 558. The predicted molar refractivity (Wildman–Crippen MR) is 80.2 cm³/mol. The van der Waals surface area contributed by atoms with Gasteiger partial charge in [-0.25, -0.2) is 0 Å². The molecule has 2 aliphatic rings. The van der Waals surface area contributed by atoms with E-state index in [9.17, 15) is 0 Å². The molecule has 20 heavy (non-hydrogen) atoms. The van der Waals surface area contributed by atoms with Crippen LogP contribution in [0.1, 0.15) is 51.2 Å². The highest BCUT2D eigenvalue weighted by Gasteiger charge is 2.62. The second-order valence-electron chi connectivity index (χ2n) is 7.26. The molecule has 0 aliphatic heterocycles. The summed E-state index contributed by atoms with van der Waals surface area (Å²) in [4.78, 5) is 0. The van der Waals surface area contributed by atoms with E-state index in [1.54, 1.807) is 0 Å². The molecular formula is C16H23ClN2O. The molecule has 0 saturated heterocycles. The Morgan fingerprint density at radius 2 is 1.85 bits per heavy atom. The van der Waals surface area contributed by atoms with Crippen LogP contribution in [0.4, 0.5) is 0 Å². The minimum Gasteiger partial charge on any atom is -0.472 e. The number of hydrogen-bond donors (Lipinski definition) is 0. The fourth-order valence-corrected chi connectivity index (χ4v) is 4.29. The average Bonchev–Trinajstić information content (AvgIpc) is 2.72. The number of fused-ring (bicyclic) bond motifs is 2. The number of aromatic nitrogens is 2. The number of rotatable bonds is 2. The zero-order chi connectivity index (χ0) is 14.7. The minimum atomic E-state index is 0.235. The summed E-state index contributed by atoms with van der Waals surface area (Å²) in [6.45, 7) is 11.1. The lowest BCUT2D eigenvalue weighted by atomic mass is 9.70. The molecule has 3 unspecified atom stereocenters. The largest absolute Gasteiger partial charge is 0.472 e.